The standard InChI is InChI=1S/C25H29NO4/c1-25(2,3)30-24(28)26(22-16-21(22)20-8-6-5-7-9-20)17-19-12-10-18(11-13-19)14-15-23(27)29-4/h5-15,21-22H,16-17H2,1-4H3/b15-14+. The fourth-order valence-electron chi connectivity index (χ4n) is 3.39. The lowest BCUT2D eigenvalue weighted by atomic mass is 10.1. The maximum Gasteiger partial charge on any atom is 0.410 e. The van der Waals surface area contributed by atoms with Crippen LogP contribution in [0.4, 0.5) is 4.79 Å². The number of carbonyl (C=O) groups is 2. The van der Waals surface area contributed by atoms with E-state index in [-0.39, 0.29) is 12.1 Å². The quantitative estimate of drug-likeness (QED) is 0.490. The summed E-state index contributed by atoms with van der Waals surface area (Å²) in [5.74, 6) is -0.0585. The van der Waals surface area contributed by atoms with Gasteiger partial charge in [0.15, 0.2) is 0 Å². The minimum absolute atomic E-state index is 0.126. The molecule has 5 heteroatoms. The van der Waals surface area contributed by atoms with Crippen molar-refractivity contribution in [1.82, 2.24) is 4.90 Å². The SMILES string of the molecule is COC(=O)/C=C/c1ccc(CN(C(=O)OC(C)(C)C)C2CC2c2ccccc2)cc1. The molecule has 2 aromatic carbocycles. The molecule has 2 aromatic rings. The lowest BCUT2D eigenvalue weighted by Gasteiger charge is -2.28. The molecular formula is C25H29NO4. The lowest BCUT2D eigenvalue weighted by Crippen LogP contribution is -2.38. The molecule has 2 atom stereocenters. The molecule has 1 aliphatic carbocycles. The van der Waals surface area contributed by atoms with Gasteiger partial charge in [-0.25, -0.2) is 9.59 Å². The molecule has 1 aliphatic rings. The number of ether oxygens (including phenoxy) is 2. The first-order chi connectivity index (χ1) is 14.3. The molecule has 1 amide bonds. The number of nitrogens with zero attached hydrogens (tertiary/aromatic N) is 1. The highest BCUT2D eigenvalue weighted by molar-refractivity contribution is 5.86. The molecule has 0 aromatic heterocycles. The Morgan fingerprint density at radius 3 is 2.33 bits per heavy atom. The Hall–Kier alpha value is -3.08. The van der Waals surface area contributed by atoms with E-state index in [9.17, 15) is 9.59 Å². The second-order valence-corrected chi connectivity index (χ2v) is 8.53. The van der Waals surface area contributed by atoms with Gasteiger partial charge >= 0.3 is 12.1 Å². The first-order valence-electron chi connectivity index (χ1n) is 10.2. The number of hydrogen-bond donors (Lipinski definition) is 0. The van der Waals surface area contributed by atoms with E-state index >= 15 is 0 Å². The molecule has 1 saturated carbocycles. The molecule has 0 saturated heterocycles. The van der Waals surface area contributed by atoms with Crippen LogP contribution in [0.5, 0.6) is 0 Å². The lowest BCUT2D eigenvalue weighted by molar-refractivity contribution is -0.134. The van der Waals surface area contributed by atoms with Gasteiger partial charge in [0.1, 0.15) is 5.60 Å². The van der Waals surface area contributed by atoms with Crippen molar-refractivity contribution < 1.29 is 19.1 Å². The van der Waals surface area contributed by atoms with Crippen molar-refractivity contribution >= 4 is 18.1 Å². The van der Waals surface area contributed by atoms with Gasteiger partial charge in [-0.3, -0.25) is 0 Å². The summed E-state index contributed by atoms with van der Waals surface area (Å²) in [5.41, 5.74) is 2.60. The highest BCUT2D eigenvalue weighted by Gasteiger charge is 2.45. The summed E-state index contributed by atoms with van der Waals surface area (Å²) in [6, 6.07) is 18.2. The second-order valence-electron chi connectivity index (χ2n) is 8.53. The van der Waals surface area contributed by atoms with E-state index in [0.29, 0.717) is 12.5 Å². The summed E-state index contributed by atoms with van der Waals surface area (Å²) in [7, 11) is 1.35. The predicted molar refractivity (Wildman–Crippen MR) is 117 cm³/mol. The van der Waals surface area contributed by atoms with Crippen molar-refractivity contribution in [2.75, 3.05) is 7.11 Å². The predicted octanol–water partition coefficient (Wildman–Crippen LogP) is 5.17. The summed E-state index contributed by atoms with van der Waals surface area (Å²) in [4.78, 5) is 26.0. The minimum atomic E-state index is -0.547. The molecule has 158 valence electrons. The topological polar surface area (TPSA) is 55.8 Å². The molecule has 0 aliphatic heterocycles. The van der Waals surface area contributed by atoms with Crippen LogP contribution in [0.25, 0.3) is 6.08 Å². The number of carbonyl (C=O) groups excluding carboxylic acids is 2. The van der Waals surface area contributed by atoms with Crippen LogP contribution >= 0.6 is 0 Å². The zero-order chi connectivity index (χ0) is 21.7. The summed E-state index contributed by atoms with van der Waals surface area (Å²) in [5, 5.41) is 0. The first-order valence-corrected chi connectivity index (χ1v) is 10.2. The molecule has 0 heterocycles. The molecule has 0 N–H and O–H groups in total. The molecule has 0 bridgehead atoms. The maximum absolute atomic E-state index is 12.9. The molecule has 1 fully saturated rings. The van der Waals surface area contributed by atoms with E-state index in [1.54, 1.807) is 6.08 Å². The van der Waals surface area contributed by atoms with Crippen molar-refractivity contribution in [2.45, 2.75) is 51.3 Å². The molecule has 30 heavy (non-hydrogen) atoms. The van der Waals surface area contributed by atoms with E-state index in [1.807, 2.05) is 68.1 Å². The monoisotopic (exact) mass is 407 g/mol. The van der Waals surface area contributed by atoms with Crippen LogP contribution in [-0.2, 0) is 20.8 Å². The van der Waals surface area contributed by atoms with Gasteiger partial charge < -0.3 is 14.4 Å². The molecule has 5 nitrogen and oxygen atoms in total. The van der Waals surface area contributed by atoms with Crippen LogP contribution in [-0.4, -0.2) is 35.7 Å². The zero-order valence-corrected chi connectivity index (χ0v) is 18.0. The van der Waals surface area contributed by atoms with Crippen LogP contribution in [0.1, 0.15) is 49.8 Å². The third kappa shape index (κ3) is 5.96. The molecule has 3 rings (SSSR count). The van der Waals surface area contributed by atoms with Crippen molar-refractivity contribution in [3.8, 4) is 0 Å². The Kier molecular flexibility index (Phi) is 6.60. The number of hydrogen-bond acceptors (Lipinski definition) is 4. The van der Waals surface area contributed by atoms with Gasteiger partial charge in [-0.2, -0.15) is 0 Å². The van der Waals surface area contributed by atoms with E-state index in [2.05, 4.69) is 16.9 Å². The van der Waals surface area contributed by atoms with Crippen LogP contribution in [0.3, 0.4) is 0 Å². The Morgan fingerprint density at radius 1 is 1.07 bits per heavy atom. The maximum atomic E-state index is 12.9. The van der Waals surface area contributed by atoms with Gasteiger partial charge in [0.25, 0.3) is 0 Å². The van der Waals surface area contributed by atoms with Gasteiger partial charge in [-0.15, -0.1) is 0 Å². The zero-order valence-electron chi connectivity index (χ0n) is 18.0. The second kappa shape index (κ2) is 9.16. The Morgan fingerprint density at radius 2 is 1.73 bits per heavy atom. The smallest absolute Gasteiger partial charge is 0.410 e. The molecular weight excluding hydrogens is 378 g/mol. The normalized spacial score (nSPS) is 18.1. The Balaban J connectivity index is 1.74. The van der Waals surface area contributed by atoms with Crippen molar-refractivity contribution in [3.05, 3.63) is 77.4 Å². The van der Waals surface area contributed by atoms with Crippen LogP contribution < -0.4 is 0 Å². The van der Waals surface area contributed by atoms with Gasteiger partial charge in [0, 0.05) is 24.6 Å². The average molecular weight is 408 g/mol. The fraction of sp³-hybridized carbons (Fsp3) is 0.360. The third-order valence-electron chi connectivity index (χ3n) is 4.96. The van der Waals surface area contributed by atoms with Crippen LogP contribution in [0.2, 0.25) is 0 Å². The first kappa shape index (κ1) is 21.6. The Bertz CT molecular complexity index is 897. The van der Waals surface area contributed by atoms with Gasteiger partial charge in [-0.1, -0.05) is 54.6 Å². The Labute approximate surface area is 178 Å². The summed E-state index contributed by atoms with van der Waals surface area (Å²) >= 11 is 0. The minimum Gasteiger partial charge on any atom is -0.466 e. The van der Waals surface area contributed by atoms with E-state index in [1.165, 1.54) is 18.7 Å². The highest BCUT2D eigenvalue weighted by atomic mass is 16.6. The van der Waals surface area contributed by atoms with Crippen molar-refractivity contribution in [1.29, 1.82) is 0 Å². The van der Waals surface area contributed by atoms with E-state index in [0.717, 1.165) is 17.5 Å². The fourth-order valence-corrected chi connectivity index (χ4v) is 3.39. The van der Waals surface area contributed by atoms with Gasteiger partial charge in [-0.05, 0) is 50.0 Å². The van der Waals surface area contributed by atoms with E-state index < -0.39 is 11.6 Å². The number of methoxy groups -OCH3 is 1. The van der Waals surface area contributed by atoms with Gasteiger partial charge in [0.2, 0.25) is 0 Å². The van der Waals surface area contributed by atoms with Crippen LogP contribution in [0.15, 0.2) is 60.7 Å². The number of esters is 1. The van der Waals surface area contributed by atoms with Gasteiger partial charge in [0.05, 0.1) is 7.11 Å². The number of benzene rings is 2. The summed E-state index contributed by atoms with van der Waals surface area (Å²) in [6.45, 7) is 6.12. The third-order valence-corrected chi connectivity index (χ3v) is 4.96. The highest BCUT2D eigenvalue weighted by Crippen LogP contribution is 2.45. The molecule has 0 radical (unpaired) electrons. The summed E-state index contributed by atoms with van der Waals surface area (Å²) in [6.07, 6.45) is 3.73. The number of rotatable bonds is 6. The largest absolute Gasteiger partial charge is 0.466 e. The molecule has 0 spiro atoms. The van der Waals surface area contributed by atoms with Crippen molar-refractivity contribution in [3.63, 3.8) is 0 Å². The van der Waals surface area contributed by atoms with Crippen LogP contribution in [0, 0.1) is 0 Å². The molecule has 2 unspecified atom stereocenters. The number of amides is 1. The van der Waals surface area contributed by atoms with Crippen molar-refractivity contribution in [2.24, 2.45) is 0 Å². The average Bonchev–Trinajstić information content (AvgIpc) is 3.51. The van der Waals surface area contributed by atoms with E-state index in [4.69, 9.17) is 4.74 Å². The summed E-state index contributed by atoms with van der Waals surface area (Å²) < 4.78 is 10.3.